The molecule has 1 aliphatic rings. The average Bonchev–Trinajstić information content (AvgIpc) is 3.43. The van der Waals surface area contributed by atoms with Crippen molar-refractivity contribution in [1.82, 2.24) is 4.90 Å². The lowest BCUT2D eigenvalue weighted by Gasteiger charge is -2.31. The van der Waals surface area contributed by atoms with Crippen LogP contribution in [0.15, 0.2) is 77.4 Å². The lowest BCUT2D eigenvalue weighted by molar-refractivity contribution is -0.160. The number of piperidine rings is 1. The van der Waals surface area contributed by atoms with E-state index in [1.165, 1.54) is 6.26 Å². The number of rotatable bonds is 7. The Morgan fingerprint density at radius 2 is 1.79 bits per heavy atom. The summed E-state index contributed by atoms with van der Waals surface area (Å²) in [5.74, 6) is -0.892. The van der Waals surface area contributed by atoms with Crippen LogP contribution in [-0.4, -0.2) is 42.9 Å². The Morgan fingerprint density at radius 1 is 1.03 bits per heavy atom. The number of esters is 1. The molecule has 2 amide bonds. The van der Waals surface area contributed by atoms with Crippen LogP contribution in [-0.2, 0) is 14.3 Å². The molecule has 0 unspecified atom stereocenters. The molecule has 0 aliphatic carbocycles. The number of benzene rings is 2. The van der Waals surface area contributed by atoms with Crippen molar-refractivity contribution in [1.29, 1.82) is 0 Å². The van der Waals surface area contributed by atoms with Gasteiger partial charge in [0.05, 0.1) is 19.3 Å². The minimum absolute atomic E-state index is 0.208. The topological polar surface area (TPSA) is 98.1 Å². The smallest absolute Gasteiger partial charge is 0.311 e. The fourth-order valence-electron chi connectivity index (χ4n) is 3.91. The van der Waals surface area contributed by atoms with E-state index in [2.05, 4.69) is 5.32 Å². The highest BCUT2D eigenvalue weighted by molar-refractivity contribution is 5.96. The number of furan rings is 1. The maximum absolute atomic E-state index is 13.1. The molecule has 3 aromatic rings. The van der Waals surface area contributed by atoms with Crippen molar-refractivity contribution in [2.45, 2.75) is 18.9 Å². The van der Waals surface area contributed by atoms with Gasteiger partial charge >= 0.3 is 5.97 Å². The predicted octanol–water partition coefficient (Wildman–Crippen LogP) is 4.06. The first-order valence-electron chi connectivity index (χ1n) is 11.1. The summed E-state index contributed by atoms with van der Waals surface area (Å²) in [5, 5.41) is 2.80. The molecule has 176 valence electrons. The van der Waals surface area contributed by atoms with Crippen molar-refractivity contribution < 1.29 is 28.3 Å². The van der Waals surface area contributed by atoms with Crippen LogP contribution in [0, 0.1) is 5.92 Å². The van der Waals surface area contributed by atoms with E-state index in [0.29, 0.717) is 36.4 Å². The zero-order valence-corrected chi connectivity index (χ0v) is 18.8. The molecule has 0 saturated carbocycles. The van der Waals surface area contributed by atoms with Gasteiger partial charge in [-0.2, -0.15) is 0 Å². The maximum Gasteiger partial charge on any atom is 0.311 e. The van der Waals surface area contributed by atoms with Gasteiger partial charge in [-0.25, -0.2) is 0 Å². The molecule has 1 fully saturated rings. The Morgan fingerprint density at radius 3 is 2.47 bits per heavy atom. The highest BCUT2D eigenvalue weighted by Crippen LogP contribution is 2.26. The highest BCUT2D eigenvalue weighted by atomic mass is 16.5. The molecule has 1 N–H and O–H groups in total. The largest absolute Gasteiger partial charge is 0.497 e. The minimum atomic E-state index is -1.13. The van der Waals surface area contributed by atoms with Gasteiger partial charge in [0.2, 0.25) is 6.10 Å². The monoisotopic (exact) mass is 462 g/mol. The molecule has 4 rings (SSSR count). The molecule has 2 atom stereocenters. The first kappa shape index (κ1) is 23.1. The Kier molecular flexibility index (Phi) is 7.27. The van der Waals surface area contributed by atoms with Gasteiger partial charge in [-0.15, -0.1) is 0 Å². The fraction of sp³-hybridized carbons (Fsp3) is 0.269. The zero-order valence-electron chi connectivity index (χ0n) is 18.8. The van der Waals surface area contributed by atoms with E-state index in [0.717, 1.165) is 0 Å². The summed E-state index contributed by atoms with van der Waals surface area (Å²) in [7, 11) is 1.56. The Balaban J connectivity index is 1.46. The number of amides is 2. The standard InChI is InChI=1S/C26H26N2O6/c1-32-21-13-11-20(12-14-21)27-24(29)23(18-7-3-2-4-8-18)34-26(31)19-9-5-15-28(17-19)25(30)22-10-6-16-33-22/h2-4,6-8,10-14,16,19,23H,5,9,15,17H2,1H3,(H,27,29)/t19-,23-/m0/s1. The molecular weight excluding hydrogens is 436 g/mol. The van der Waals surface area contributed by atoms with Gasteiger partial charge in [-0.1, -0.05) is 30.3 Å². The molecule has 0 spiro atoms. The fourth-order valence-corrected chi connectivity index (χ4v) is 3.91. The minimum Gasteiger partial charge on any atom is -0.497 e. The normalized spacial score (nSPS) is 16.4. The number of nitrogens with one attached hydrogen (secondary N) is 1. The van der Waals surface area contributed by atoms with E-state index < -0.39 is 23.9 Å². The number of nitrogens with zero attached hydrogens (tertiary/aromatic N) is 1. The van der Waals surface area contributed by atoms with Crippen molar-refractivity contribution in [2.24, 2.45) is 5.92 Å². The Hall–Kier alpha value is -4.07. The number of anilines is 1. The molecule has 1 saturated heterocycles. The van der Waals surface area contributed by atoms with E-state index in [4.69, 9.17) is 13.9 Å². The van der Waals surface area contributed by atoms with E-state index >= 15 is 0 Å². The summed E-state index contributed by atoms with van der Waals surface area (Å²) in [6.07, 6.45) is 1.53. The lowest BCUT2D eigenvalue weighted by Crippen LogP contribution is -2.43. The van der Waals surface area contributed by atoms with Gasteiger partial charge < -0.3 is 24.1 Å². The number of carbonyl (C=O) groups excluding carboxylic acids is 3. The predicted molar refractivity (Wildman–Crippen MR) is 124 cm³/mol. The number of hydrogen-bond donors (Lipinski definition) is 1. The van der Waals surface area contributed by atoms with Crippen molar-refractivity contribution in [2.75, 3.05) is 25.5 Å². The summed E-state index contributed by atoms with van der Waals surface area (Å²) in [6, 6.07) is 19.0. The first-order valence-corrected chi connectivity index (χ1v) is 11.1. The van der Waals surface area contributed by atoms with Crippen LogP contribution >= 0.6 is 0 Å². The average molecular weight is 463 g/mol. The maximum atomic E-state index is 13.1. The molecule has 2 heterocycles. The van der Waals surface area contributed by atoms with Gasteiger partial charge in [0.1, 0.15) is 5.75 Å². The molecule has 8 heteroatoms. The number of ether oxygens (including phenoxy) is 2. The molecule has 1 aliphatic heterocycles. The third kappa shape index (κ3) is 5.46. The summed E-state index contributed by atoms with van der Waals surface area (Å²) in [4.78, 5) is 40.4. The molecule has 8 nitrogen and oxygen atoms in total. The Labute approximate surface area is 197 Å². The third-order valence-electron chi connectivity index (χ3n) is 5.71. The number of likely N-dealkylation sites (tertiary alicyclic amines) is 1. The molecule has 34 heavy (non-hydrogen) atoms. The van der Waals surface area contributed by atoms with E-state index in [1.54, 1.807) is 72.7 Å². The second-order valence-electron chi connectivity index (χ2n) is 8.01. The summed E-state index contributed by atoms with van der Waals surface area (Å²) in [5.41, 5.74) is 1.11. The second-order valence-corrected chi connectivity index (χ2v) is 8.01. The van der Waals surface area contributed by atoms with Crippen LogP contribution in [0.25, 0.3) is 0 Å². The summed E-state index contributed by atoms with van der Waals surface area (Å²) in [6.45, 7) is 0.739. The van der Waals surface area contributed by atoms with Gasteiger partial charge in [0, 0.05) is 24.3 Å². The molecule has 0 radical (unpaired) electrons. The van der Waals surface area contributed by atoms with Crippen LogP contribution in [0.1, 0.15) is 35.1 Å². The highest BCUT2D eigenvalue weighted by Gasteiger charge is 2.34. The molecule has 2 aromatic carbocycles. The Bertz CT molecular complexity index is 1110. The van der Waals surface area contributed by atoms with Crippen molar-refractivity contribution >= 4 is 23.5 Å². The third-order valence-corrected chi connectivity index (χ3v) is 5.71. The van der Waals surface area contributed by atoms with E-state index in [1.807, 2.05) is 6.07 Å². The number of hydrogen-bond acceptors (Lipinski definition) is 6. The number of carbonyl (C=O) groups is 3. The number of methoxy groups -OCH3 is 1. The van der Waals surface area contributed by atoms with Crippen molar-refractivity contribution in [3.05, 3.63) is 84.3 Å². The van der Waals surface area contributed by atoms with Crippen LogP contribution in [0.5, 0.6) is 5.75 Å². The molecular formula is C26H26N2O6. The van der Waals surface area contributed by atoms with Gasteiger partial charge in [-0.05, 0) is 49.2 Å². The first-order chi connectivity index (χ1) is 16.5. The van der Waals surface area contributed by atoms with Gasteiger partial charge in [0.25, 0.3) is 11.8 Å². The summed E-state index contributed by atoms with van der Waals surface area (Å²) < 4.78 is 16.1. The quantitative estimate of drug-likeness (QED) is 0.532. The van der Waals surface area contributed by atoms with Gasteiger partial charge in [-0.3, -0.25) is 14.4 Å². The van der Waals surface area contributed by atoms with E-state index in [9.17, 15) is 14.4 Å². The van der Waals surface area contributed by atoms with Crippen LogP contribution in [0.3, 0.4) is 0 Å². The van der Waals surface area contributed by atoms with Crippen LogP contribution < -0.4 is 10.1 Å². The van der Waals surface area contributed by atoms with Crippen molar-refractivity contribution in [3.8, 4) is 5.75 Å². The van der Waals surface area contributed by atoms with Crippen molar-refractivity contribution in [3.63, 3.8) is 0 Å². The van der Waals surface area contributed by atoms with Crippen LogP contribution in [0.2, 0.25) is 0 Å². The zero-order chi connectivity index (χ0) is 23.9. The molecule has 1 aromatic heterocycles. The van der Waals surface area contributed by atoms with Gasteiger partial charge in [0.15, 0.2) is 5.76 Å². The van der Waals surface area contributed by atoms with Crippen LogP contribution in [0.4, 0.5) is 5.69 Å². The summed E-state index contributed by atoms with van der Waals surface area (Å²) >= 11 is 0. The molecule has 0 bridgehead atoms. The lowest BCUT2D eigenvalue weighted by atomic mass is 9.97. The SMILES string of the molecule is COc1ccc(NC(=O)[C@@H](OC(=O)[C@H]2CCCN(C(=O)c3ccco3)C2)c2ccccc2)cc1. The second kappa shape index (κ2) is 10.7. The van der Waals surface area contributed by atoms with E-state index in [-0.39, 0.29) is 18.2 Å².